The Morgan fingerprint density at radius 1 is 1.06 bits per heavy atom. The lowest BCUT2D eigenvalue weighted by molar-refractivity contribution is 0.395. The summed E-state index contributed by atoms with van der Waals surface area (Å²) in [7, 11) is 3.33. The van der Waals surface area contributed by atoms with Crippen LogP contribution in [-0.2, 0) is 0 Å². The summed E-state index contributed by atoms with van der Waals surface area (Å²) in [5, 5.41) is 0. The molecule has 0 aliphatic carbocycles. The molecule has 2 rings (SSSR count). The van der Waals surface area contributed by atoms with Crippen LogP contribution in [0.1, 0.15) is 11.3 Å². The van der Waals surface area contributed by atoms with Crippen molar-refractivity contribution in [2.24, 2.45) is 0 Å². The molecule has 3 nitrogen and oxygen atoms in total. The van der Waals surface area contributed by atoms with Crippen LogP contribution in [0.5, 0.6) is 11.5 Å². The first-order valence-electron chi connectivity index (χ1n) is 5.54. The Kier molecular flexibility index (Phi) is 3.09. The Morgan fingerprint density at radius 2 is 1.82 bits per heavy atom. The molecule has 0 bridgehead atoms. The van der Waals surface area contributed by atoms with E-state index in [0.29, 0.717) is 0 Å². The van der Waals surface area contributed by atoms with E-state index in [-0.39, 0.29) is 0 Å². The predicted molar refractivity (Wildman–Crippen MR) is 68.8 cm³/mol. The molecule has 1 heterocycles. The molecule has 0 fully saturated rings. The molecule has 2 aromatic rings. The highest BCUT2D eigenvalue weighted by molar-refractivity contribution is 5.76. The van der Waals surface area contributed by atoms with Gasteiger partial charge in [0.1, 0.15) is 11.5 Å². The standard InChI is InChI=1S/C14H17NO2/c1-9-8-15-10(2)14(9)12-6-5-11(16-3)7-13(12)17-4/h5-8,15H,1-4H3. The number of aryl methyl sites for hydroxylation is 2. The summed E-state index contributed by atoms with van der Waals surface area (Å²) in [4.78, 5) is 3.23. The molecule has 0 unspecified atom stereocenters. The number of H-pyrrole nitrogens is 1. The molecule has 0 radical (unpaired) electrons. The van der Waals surface area contributed by atoms with Crippen molar-refractivity contribution < 1.29 is 9.47 Å². The largest absolute Gasteiger partial charge is 0.497 e. The van der Waals surface area contributed by atoms with E-state index in [2.05, 4.69) is 18.8 Å². The second-order valence-corrected chi connectivity index (χ2v) is 4.04. The highest BCUT2D eigenvalue weighted by Crippen LogP contribution is 2.36. The molecule has 90 valence electrons. The molecule has 17 heavy (non-hydrogen) atoms. The summed E-state index contributed by atoms with van der Waals surface area (Å²) >= 11 is 0. The zero-order valence-corrected chi connectivity index (χ0v) is 10.6. The van der Waals surface area contributed by atoms with Gasteiger partial charge in [-0.25, -0.2) is 0 Å². The first-order valence-corrected chi connectivity index (χ1v) is 5.54. The monoisotopic (exact) mass is 231 g/mol. The minimum Gasteiger partial charge on any atom is -0.497 e. The summed E-state index contributed by atoms with van der Waals surface area (Å²) in [6.07, 6.45) is 2.01. The van der Waals surface area contributed by atoms with E-state index in [1.165, 1.54) is 11.1 Å². The average molecular weight is 231 g/mol. The first-order chi connectivity index (χ1) is 8.17. The van der Waals surface area contributed by atoms with Crippen molar-refractivity contribution in [3.8, 4) is 22.6 Å². The Balaban J connectivity index is 2.59. The normalized spacial score (nSPS) is 10.4. The number of aromatic amines is 1. The number of hydrogen-bond acceptors (Lipinski definition) is 2. The smallest absolute Gasteiger partial charge is 0.130 e. The lowest BCUT2D eigenvalue weighted by Crippen LogP contribution is -1.91. The SMILES string of the molecule is COc1ccc(-c2c(C)c[nH]c2C)c(OC)c1. The summed E-state index contributed by atoms with van der Waals surface area (Å²) < 4.78 is 10.6. The molecule has 0 aliphatic rings. The molecule has 1 aromatic carbocycles. The third-order valence-electron chi connectivity index (χ3n) is 2.95. The third-order valence-corrected chi connectivity index (χ3v) is 2.95. The van der Waals surface area contributed by atoms with Gasteiger partial charge in [-0.05, 0) is 31.5 Å². The highest BCUT2D eigenvalue weighted by atomic mass is 16.5. The van der Waals surface area contributed by atoms with Crippen LogP contribution in [0.15, 0.2) is 24.4 Å². The van der Waals surface area contributed by atoms with Crippen molar-refractivity contribution in [2.45, 2.75) is 13.8 Å². The maximum Gasteiger partial charge on any atom is 0.130 e. The third kappa shape index (κ3) is 2.00. The number of hydrogen-bond donors (Lipinski definition) is 1. The Morgan fingerprint density at radius 3 is 2.35 bits per heavy atom. The maximum absolute atomic E-state index is 5.43. The van der Waals surface area contributed by atoms with Gasteiger partial charge in [0.05, 0.1) is 14.2 Å². The van der Waals surface area contributed by atoms with E-state index >= 15 is 0 Å². The second-order valence-electron chi connectivity index (χ2n) is 4.04. The zero-order chi connectivity index (χ0) is 12.4. The number of benzene rings is 1. The van der Waals surface area contributed by atoms with E-state index in [1.807, 2.05) is 24.4 Å². The van der Waals surface area contributed by atoms with E-state index in [0.717, 1.165) is 22.8 Å². The summed E-state index contributed by atoms with van der Waals surface area (Å²) in [5.41, 5.74) is 4.64. The summed E-state index contributed by atoms with van der Waals surface area (Å²) in [6.45, 7) is 4.15. The maximum atomic E-state index is 5.43. The predicted octanol–water partition coefficient (Wildman–Crippen LogP) is 3.32. The van der Waals surface area contributed by atoms with Gasteiger partial charge in [0.2, 0.25) is 0 Å². The lowest BCUT2D eigenvalue weighted by atomic mass is 10.0. The van der Waals surface area contributed by atoms with Gasteiger partial charge in [-0.15, -0.1) is 0 Å². The van der Waals surface area contributed by atoms with Gasteiger partial charge >= 0.3 is 0 Å². The fraction of sp³-hybridized carbons (Fsp3) is 0.286. The van der Waals surface area contributed by atoms with E-state index in [4.69, 9.17) is 9.47 Å². The summed E-state index contributed by atoms with van der Waals surface area (Å²) in [6, 6.07) is 5.88. The molecular formula is C14H17NO2. The van der Waals surface area contributed by atoms with Crippen LogP contribution in [-0.4, -0.2) is 19.2 Å². The Labute approximate surface area is 101 Å². The number of nitrogens with one attached hydrogen (secondary N) is 1. The Bertz CT molecular complexity index is 510. The van der Waals surface area contributed by atoms with Crippen LogP contribution < -0.4 is 9.47 Å². The van der Waals surface area contributed by atoms with E-state index in [9.17, 15) is 0 Å². The summed E-state index contributed by atoms with van der Waals surface area (Å²) in [5.74, 6) is 1.63. The number of methoxy groups -OCH3 is 2. The van der Waals surface area contributed by atoms with Crippen molar-refractivity contribution in [2.75, 3.05) is 14.2 Å². The van der Waals surface area contributed by atoms with E-state index < -0.39 is 0 Å². The molecule has 1 aromatic heterocycles. The van der Waals surface area contributed by atoms with Gasteiger partial charge < -0.3 is 14.5 Å². The molecule has 3 heteroatoms. The minimum atomic E-state index is 0.802. The first kappa shape index (κ1) is 11.6. The molecule has 0 atom stereocenters. The van der Waals surface area contributed by atoms with Crippen molar-refractivity contribution in [1.82, 2.24) is 4.98 Å². The molecule has 0 aliphatic heterocycles. The van der Waals surface area contributed by atoms with Gasteiger partial charge in [-0.2, -0.15) is 0 Å². The van der Waals surface area contributed by atoms with Gasteiger partial charge in [0, 0.05) is 29.1 Å². The molecule has 1 N–H and O–H groups in total. The molecule has 0 amide bonds. The van der Waals surface area contributed by atoms with Crippen molar-refractivity contribution in [1.29, 1.82) is 0 Å². The molecule has 0 saturated heterocycles. The van der Waals surface area contributed by atoms with Gasteiger partial charge in [-0.1, -0.05) is 0 Å². The number of rotatable bonds is 3. The van der Waals surface area contributed by atoms with Crippen molar-refractivity contribution in [3.05, 3.63) is 35.7 Å². The Hall–Kier alpha value is -1.90. The van der Waals surface area contributed by atoms with Gasteiger partial charge in [0.25, 0.3) is 0 Å². The quantitative estimate of drug-likeness (QED) is 0.879. The van der Waals surface area contributed by atoms with Crippen molar-refractivity contribution >= 4 is 0 Å². The average Bonchev–Trinajstić information content (AvgIpc) is 2.68. The van der Waals surface area contributed by atoms with Crippen LogP contribution in [0.3, 0.4) is 0 Å². The van der Waals surface area contributed by atoms with Gasteiger partial charge in [0.15, 0.2) is 0 Å². The topological polar surface area (TPSA) is 34.2 Å². The van der Waals surface area contributed by atoms with Crippen LogP contribution in [0, 0.1) is 13.8 Å². The fourth-order valence-corrected chi connectivity index (χ4v) is 2.08. The molecule has 0 saturated carbocycles. The molecular weight excluding hydrogens is 214 g/mol. The van der Waals surface area contributed by atoms with Gasteiger partial charge in [-0.3, -0.25) is 0 Å². The molecule has 0 spiro atoms. The van der Waals surface area contributed by atoms with E-state index in [1.54, 1.807) is 14.2 Å². The number of aromatic nitrogens is 1. The van der Waals surface area contributed by atoms with Crippen LogP contribution in [0.2, 0.25) is 0 Å². The van der Waals surface area contributed by atoms with Crippen LogP contribution in [0.4, 0.5) is 0 Å². The van der Waals surface area contributed by atoms with Crippen LogP contribution in [0.25, 0.3) is 11.1 Å². The second kappa shape index (κ2) is 4.53. The number of ether oxygens (including phenoxy) is 2. The fourth-order valence-electron chi connectivity index (χ4n) is 2.08. The van der Waals surface area contributed by atoms with Crippen molar-refractivity contribution in [3.63, 3.8) is 0 Å². The highest BCUT2D eigenvalue weighted by Gasteiger charge is 2.13. The lowest BCUT2D eigenvalue weighted by Gasteiger charge is -2.11. The zero-order valence-electron chi connectivity index (χ0n) is 10.6. The minimum absolute atomic E-state index is 0.802. The van der Waals surface area contributed by atoms with Crippen LogP contribution >= 0.6 is 0 Å².